The number of aromatic nitrogens is 3. The van der Waals surface area contributed by atoms with Gasteiger partial charge < -0.3 is 5.32 Å². The summed E-state index contributed by atoms with van der Waals surface area (Å²) in [5, 5.41) is 18.4. The largest absolute Gasteiger partial charge is 0.321 e. The van der Waals surface area contributed by atoms with E-state index in [0.717, 1.165) is 17.0 Å². The molecule has 0 fully saturated rings. The molecule has 0 aliphatic rings. The van der Waals surface area contributed by atoms with Crippen molar-refractivity contribution in [2.45, 2.75) is 32.2 Å². The van der Waals surface area contributed by atoms with Crippen LogP contribution in [0.15, 0.2) is 46.3 Å². The Hall–Kier alpha value is -3.49. The Morgan fingerprint density at radius 1 is 1.29 bits per heavy atom. The molecule has 0 spiro atoms. The third-order valence-corrected chi connectivity index (χ3v) is 6.64. The van der Waals surface area contributed by atoms with Crippen molar-refractivity contribution in [1.82, 2.24) is 14.8 Å². The highest BCUT2D eigenvalue weighted by Gasteiger charge is 2.17. The van der Waals surface area contributed by atoms with E-state index in [-0.39, 0.29) is 15.6 Å². The number of carbonyl (C=O) groups is 1. The fraction of sp³-hybridized carbons (Fsp3) is 0.200. The van der Waals surface area contributed by atoms with Crippen LogP contribution in [0.4, 0.5) is 10.8 Å². The fourth-order valence-corrected chi connectivity index (χ4v) is 4.67. The van der Waals surface area contributed by atoms with Crippen molar-refractivity contribution in [3.8, 4) is 6.07 Å². The summed E-state index contributed by atoms with van der Waals surface area (Å²) in [6.07, 6.45) is 3.01. The van der Waals surface area contributed by atoms with Crippen molar-refractivity contribution in [2.24, 2.45) is 0 Å². The maximum atomic E-state index is 12.6. The van der Waals surface area contributed by atoms with Gasteiger partial charge in [0.1, 0.15) is 11.6 Å². The topological polar surface area (TPSA) is 130 Å². The molecule has 2 aromatic heterocycles. The minimum atomic E-state index is -3.79. The first-order chi connectivity index (χ1) is 14.7. The van der Waals surface area contributed by atoms with Crippen molar-refractivity contribution in [3.63, 3.8) is 0 Å². The first-order valence-electron chi connectivity index (χ1n) is 9.24. The minimum absolute atomic E-state index is 0.0231. The zero-order chi connectivity index (χ0) is 22.6. The average Bonchev–Trinajstić information content (AvgIpc) is 3.33. The van der Waals surface area contributed by atoms with Crippen LogP contribution in [0.1, 0.15) is 23.9 Å². The summed E-state index contributed by atoms with van der Waals surface area (Å²) in [6.45, 7) is 6.33. The van der Waals surface area contributed by atoms with E-state index >= 15 is 0 Å². The highest BCUT2D eigenvalue weighted by Crippen LogP contribution is 2.21. The van der Waals surface area contributed by atoms with Crippen LogP contribution >= 0.6 is 11.3 Å². The van der Waals surface area contributed by atoms with E-state index in [4.69, 9.17) is 0 Å². The van der Waals surface area contributed by atoms with Gasteiger partial charge in [-0.05, 0) is 51.1 Å². The van der Waals surface area contributed by atoms with Gasteiger partial charge in [-0.15, -0.1) is 11.3 Å². The molecule has 1 amide bonds. The number of benzene rings is 1. The van der Waals surface area contributed by atoms with E-state index in [1.807, 2.05) is 26.8 Å². The molecule has 9 nitrogen and oxygen atoms in total. The summed E-state index contributed by atoms with van der Waals surface area (Å²) < 4.78 is 29.0. The molecular weight excluding hydrogens is 436 g/mol. The molecule has 0 aliphatic carbocycles. The Bertz CT molecular complexity index is 1270. The Kier molecular flexibility index (Phi) is 6.53. The number of nitrogens with one attached hydrogen (secondary N) is 2. The van der Waals surface area contributed by atoms with E-state index in [1.54, 1.807) is 10.1 Å². The quantitative estimate of drug-likeness (QED) is 0.414. The first kappa shape index (κ1) is 22.2. The number of nitriles is 1. The van der Waals surface area contributed by atoms with Crippen molar-refractivity contribution >= 4 is 44.2 Å². The van der Waals surface area contributed by atoms with Crippen LogP contribution in [0, 0.1) is 25.2 Å². The monoisotopic (exact) mass is 456 g/mol. The molecule has 3 rings (SSSR count). The van der Waals surface area contributed by atoms with E-state index in [1.165, 1.54) is 47.9 Å². The van der Waals surface area contributed by atoms with Crippen LogP contribution in [0.5, 0.6) is 0 Å². The zero-order valence-corrected chi connectivity index (χ0v) is 18.7. The summed E-state index contributed by atoms with van der Waals surface area (Å²) in [5.74, 6) is -0.595. The van der Waals surface area contributed by atoms with Crippen molar-refractivity contribution in [1.29, 1.82) is 5.26 Å². The van der Waals surface area contributed by atoms with Gasteiger partial charge in [-0.25, -0.2) is 13.4 Å². The summed E-state index contributed by atoms with van der Waals surface area (Å²) >= 11 is 1.17. The molecule has 160 valence electrons. The number of hydrogen-bond donors (Lipinski definition) is 2. The van der Waals surface area contributed by atoms with Crippen LogP contribution in [-0.2, 0) is 21.4 Å². The molecule has 2 N–H and O–H groups in total. The van der Waals surface area contributed by atoms with Crippen LogP contribution in [0.25, 0.3) is 6.08 Å². The Morgan fingerprint density at radius 2 is 2.00 bits per heavy atom. The van der Waals surface area contributed by atoms with E-state index in [9.17, 15) is 18.5 Å². The number of carbonyl (C=O) groups excluding carboxylic acids is 1. The molecule has 2 heterocycles. The van der Waals surface area contributed by atoms with Crippen molar-refractivity contribution in [3.05, 3.63) is 58.4 Å². The van der Waals surface area contributed by atoms with Crippen molar-refractivity contribution < 1.29 is 13.2 Å². The van der Waals surface area contributed by atoms with Gasteiger partial charge in [0.25, 0.3) is 15.9 Å². The van der Waals surface area contributed by atoms with Gasteiger partial charge in [-0.3, -0.25) is 14.2 Å². The molecular formula is C20H20N6O3S2. The predicted molar refractivity (Wildman–Crippen MR) is 119 cm³/mol. The Balaban J connectivity index is 1.77. The van der Waals surface area contributed by atoms with Gasteiger partial charge in [0, 0.05) is 35.1 Å². The lowest BCUT2D eigenvalue weighted by Gasteiger charge is -2.08. The highest BCUT2D eigenvalue weighted by molar-refractivity contribution is 7.93. The molecule has 0 bridgehead atoms. The number of thiazole rings is 1. The Labute approximate surface area is 184 Å². The van der Waals surface area contributed by atoms with Gasteiger partial charge in [-0.1, -0.05) is 0 Å². The first-order valence-corrected chi connectivity index (χ1v) is 11.6. The highest BCUT2D eigenvalue weighted by atomic mass is 32.2. The lowest BCUT2D eigenvalue weighted by molar-refractivity contribution is -0.112. The van der Waals surface area contributed by atoms with Gasteiger partial charge in [-0.2, -0.15) is 10.4 Å². The molecule has 0 radical (unpaired) electrons. The molecule has 0 atom stereocenters. The number of nitrogens with zero attached hydrogens (tertiary/aromatic N) is 4. The molecule has 0 unspecified atom stereocenters. The van der Waals surface area contributed by atoms with Crippen LogP contribution in [-0.4, -0.2) is 29.1 Å². The molecule has 0 saturated heterocycles. The SMILES string of the molecule is CCn1nc(C)c(C=C(C#N)C(=O)Nc2ccc(S(=O)(=O)Nc3nccs3)cc2)c1C. The molecule has 0 saturated carbocycles. The lowest BCUT2D eigenvalue weighted by atomic mass is 10.1. The molecule has 3 aromatic rings. The third kappa shape index (κ3) is 4.99. The lowest BCUT2D eigenvalue weighted by Crippen LogP contribution is -2.15. The normalized spacial score (nSPS) is 11.7. The fourth-order valence-electron chi connectivity index (χ4n) is 2.88. The van der Waals surface area contributed by atoms with Crippen LogP contribution < -0.4 is 10.0 Å². The second-order valence-electron chi connectivity index (χ2n) is 6.49. The van der Waals surface area contributed by atoms with Gasteiger partial charge in [0.15, 0.2) is 5.13 Å². The maximum absolute atomic E-state index is 12.6. The van der Waals surface area contributed by atoms with E-state index < -0.39 is 15.9 Å². The van der Waals surface area contributed by atoms with E-state index in [2.05, 4.69) is 20.1 Å². The minimum Gasteiger partial charge on any atom is -0.321 e. The summed E-state index contributed by atoms with van der Waals surface area (Å²) in [5.41, 5.74) is 2.59. The third-order valence-electron chi connectivity index (χ3n) is 4.47. The maximum Gasteiger partial charge on any atom is 0.266 e. The molecule has 0 aliphatic heterocycles. The smallest absolute Gasteiger partial charge is 0.266 e. The number of aryl methyl sites for hydroxylation is 2. The summed E-state index contributed by atoms with van der Waals surface area (Å²) in [4.78, 5) is 16.5. The van der Waals surface area contributed by atoms with E-state index in [0.29, 0.717) is 12.2 Å². The standard InChI is InChI=1S/C20H20N6O3S2/c1-4-26-14(3)18(13(2)24-26)11-15(12-21)19(27)23-16-5-7-17(8-6-16)31(28,29)25-20-22-9-10-30-20/h5-11H,4H2,1-3H3,(H,22,25)(H,23,27). The predicted octanol–water partition coefficient (Wildman–Crippen LogP) is 3.32. The second kappa shape index (κ2) is 9.11. The van der Waals surface area contributed by atoms with Crippen LogP contribution in [0.2, 0.25) is 0 Å². The number of rotatable bonds is 7. The molecule has 31 heavy (non-hydrogen) atoms. The van der Waals surface area contributed by atoms with Gasteiger partial charge >= 0.3 is 0 Å². The van der Waals surface area contributed by atoms with Crippen LogP contribution in [0.3, 0.4) is 0 Å². The zero-order valence-electron chi connectivity index (χ0n) is 17.1. The molecule has 1 aromatic carbocycles. The van der Waals surface area contributed by atoms with Crippen molar-refractivity contribution in [2.75, 3.05) is 10.0 Å². The molecule has 11 heteroatoms. The second-order valence-corrected chi connectivity index (χ2v) is 9.07. The number of amides is 1. The van der Waals surface area contributed by atoms with Gasteiger partial charge in [0.2, 0.25) is 0 Å². The Morgan fingerprint density at radius 3 is 2.55 bits per heavy atom. The average molecular weight is 457 g/mol. The summed E-state index contributed by atoms with van der Waals surface area (Å²) in [7, 11) is -3.79. The number of hydrogen-bond acceptors (Lipinski definition) is 7. The van der Waals surface area contributed by atoms with Gasteiger partial charge in [0.05, 0.1) is 10.6 Å². The number of anilines is 2. The summed E-state index contributed by atoms with van der Waals surface area (Å²) in [6, 6.07) is 7.54. The number of sulfonamides is 1.